The van der Waals surface area contributed by atoms with Gasteiger partial charge in [0.05, 0.1) is 7.11 Å². The maximum Gasteiger partial charge on any atom is 0.267 e. The fraction of sp³-hybridized carbons (Fsp3) is 0.214. The molecule has 0 saturated heterocycles. The normalized spacial score (nSPS) is 11.1. The van der Waals surface area contributed by atoms with Gasteiger partial charge in [0.25, 0.3) is 5.91 Å². The molecule has 1 aromatic heterocycles. The number of allylic oxidation sites excluding steroid dienone is 1. The lowest BCUT2D eigenvalue weighted by Crippen LogP contribution is -2.20. The molecule has 0 bridgehead atoms. The molecule has 2 aromatic rings. The Morgan fingerprint density at radius 1 is 1.47 bits per heavy atom. The average Bonchev–Trinajstić information content (AvgIpc) is 2.81. The van der Waals surface area contributed by atoms with Crippen LogP contribution in [0.5, 0.6) is 5.75 Å². The number of nitrogens with one attached hydrogen (secondary N) is 2. The van der Waals surface area contributed by atoms with Gasteiger partial charge in [-0.05, 0) is 25.1 Å². The van der Waals surface area contributed by atoms with E-state index in [0.717, 1.165) is 22.2 Å². The SMILES string of the molecule is CC=CC(=O)NOCc1c[nH]c2ccc(OC)cc12. The number of amides is 1. The highest BCUT2D eigenvalue weighted by Crippen LogP contribution is 2.23. The monoisotopic (exact) mass is 260 g/mol. The van der Waals surface area contributed by atoms with Gasteiger partial charge in [-0.25, -0.2) is 5.48 Å². The third-order valence-electron chi connectivity index (χ3n) is 2.69. The highest BCUT2D eigenvalue weighted by molar-refractivity contribution is 5.86. The molecule has 5 nitrogen and oxygen atoms in total. The number of fused-ring (bicyclic) bond motifs is 1. The van der Waals surface area contributed by atoms with Gasteiger partial charge in [-0.15, -0.1) is 0 Å². The molecular formula is C14H16N2O3. The molecule has 0 aliphatic heterocycles. The Bertz CT molecular complexity index is 602. The third kappa shape index (κ3) is 3.14. The highest BCUT2D eigenvalue weighted by Gasteiger charge is 2.05. The molecular weight excluding hydrogens is 244 g/mol. The molecule has 1 aromatic carbocycles. The van der Waals surface area contributed by atoms with Crippen molar-refractivity contribution < 1.29 is 14.4 Å². The maximum atomic E-state index is 11.2. The lowest BCUT2D eigenvalue weighted by Gasteiger charge is -2.03. The van der Waals surface area contributed by atoms with Crippen LogP contribution in [0.25, 0.3) is 10.9 Å². The predicted octanol–water partition coefficient (Wildman–Crippen LogP) is 2.30. The van der Waals surface area contributed by atoms with Gasteiger partial charge in [0.15, 0.2) is 0 Å². The first-order valence-electron chi connectivity index (χ1n) is 5.93. The third-order valence-corrected chi connectivity index (χ3v) is 2.69. The Balaban J connectivity index is 2.06. The number of H-pyrrole nitrogens is 1. The van der Waals surface area contributed by atoms with Crippen LogP contribution in [0.15, 0.2) is 36.5 Å². The minimum absolute atomic E-state index is 0.278. The fourth-order valence-corrected chi connectivity index (χ4v) is 1.77. The van der Waals surface area contributed by atoms with E-state index in [4.69, 9.17) is 9.57 Å². The van der Waals surface area contributed by atoms with E-state index < -0.39 is 0 Å². The molecule has 0 spiro atoms. The van der Waals surface area contributed by atoms with Crippen LogP contribution in [0, 0.1) is 0 Å². The van der Waals surface area contributed by atoms with E-state index in [9.17, 15) is 4.79 Å². The molecule has 0 aliphatic rings. The summed E-state index contributed by atoms with van der Waals surface area (Å²) in [7, 11) is 1.63. The average molecular weight is 260 g/mol. The van der Waals surface area contributed by atoms with Crippen LogP contribution in [0.4, 0.5) is 0 Å². The molecule has 0 atom stereocenters. The number of benzene rings is 1. The summed E-state index contributed by atoms with van der Waals surface area (Å²) in [5.41, 5.74) is 4.30. The van der Waals surface area contributed by atoms with E-state index in [2.05, 4.69) is 10.5 Å². The molecule has 2 N–H and O–H groups in total. The molecule has 1 amide bonds. The standard InChI is InChI=1S/C14H16N2O3/c1-3-4-14(17)16-19-9-10-8-15-13-6-5-11(18-2)7-12(10)13/h3-8,15H,9H2,1-2H3,(H,16,17). The van der Waals surface area contributed by atoms with Crippen LogP contribution in [0.2, 0.25) is 0 Å². The fourth-order valence-electron chi connectivity index (χ4n) is 1.77. The molecule has 100 valence electrons. The highest BCUT2D eigenvalue weighted by atomic mass is 16.6. The zero-order chi connectivity index (χ0) is 13.7. The van der Waals surface area contributed by atoms with Crippen LogP contribution in [0.3, 0.4) is 0 Å². The Labute approximate surface area is 111 Å². The zero-order valence-electron chi connectivity index (χ0n) is 10.9. The van der Waals surface area contributed by atoms with E-state index in [-0.39, 0.29) is 12.5 Å². The lowest BCUT2D eigenvalue weighted by molar-refractivity contribution is -0.129. The van der Waals surface area contributed by atoms with Crippen LogP contribution >= 0.6 is 0 Å². The minimum Gasteiger partial charge on any atom is -0.497 e. The molecule has 0 aliphatic carbocycles. The molecule has 0 saturated carbocycles. The van der Waals surface area contributed by atoms with Gasteiger partial charge in [0.2, 0.25) is 0 Å². The van der Waals surface area contributed by atoms with Crippen molar-refractivity contribution in [3.05, 3.63) is 42.1 Å². The molecule has 0 unspecified atom stereocenters. The molecule has 5 heteroatoms. The van der Waals surface area contributed by atoms with Crippen molar-refractivity contribution in [3.8, 4) is 5.75 Å². The van der Waals surface area contributed by atoms with Crippen molar-refractivity contribution in [2.45, 2.75) is 13.5 Å². The number of hydrogen-bond donors (Lipinski definition) is 2. The van der Waals surface area contributed by atoms with Crippen LogP contribution in [0.1, 0.15) is 12.5 Å². The Morgan fingerprint density at radius 2 is 2.32 bits per heavy atom. The van der Waals surface area contributed by atoms with Gasteiger partial charge < -0.3 is 9.72 Å². The first-order chi connectivity index (χ1) is 9.24. The predicted molar refractivity (Wildman–Crippen MR) is 72.6 cm³/mol. The van der Waals surface area contributed by atoms with Crippen LogP contribution < -0.4 is 10.2 Å². The van der Waals surface area contributed by atoms with Crippen molar-refractivity contribution in [1.82, 2.24) is 10.5 Å². The summed E-state index contributed by atoms with van der Waals surface area (Å²) in [5.74, 6) is 0.506. The first-order valence-corrected chi connectivity index (χ1v) is 5.93. The summed E-state index contributed by atoms with van der Waals surface area (Å²) < 4.78 is 5.19. The Kier molecular flexibility index (Phi) is 4.20. The van der Waals surface area contributed by atoms with Gasteiger partial charge >= 0.3 is 0 Å². The number of aromatic amines is 1. The second-order valence-corrected chi connectivity index (χ2v) is 3.98. The summed E-state index contributed by atoms with van der Waals surface area (Å²) in [4.78, 5) is 19.5. The molecule has 2 rings (SSSR count). The van der Waals surface area contributed by atoms with Gasteiger partial charge in [-0.3, -0.25) is 9.63 Å². The number of rotatable bonds is 5. The molecule has 19 heavy (non-hydrogen) atoms. The number of carbonyl (C=O) groups excluding carboxylic acids is 1. The van der Waals surface area contributed by atoms with Crippen molar-refractivity contribution in [1.29, 1.82) is 0 Å². The van der Waals surface area contributed by atoms with E-state index in [0.29, 0.717) is 0 Å². The topological polar surface area (TPSA) is 63.3 Å². The van der Waals surface area contributed by atoms with E-state index in [1.807, 2.05) is 24.4 Å². The smallest absolute Gasteiger partial charge is 0.267 e. The number of methoxy groups -OCH3 is 1. The molecule has 1 heterocycles. The van der Waals surface area contributed by atoms with Gasteiger partial charge in [0, 0.05) is 28.7 Å². The van der Waals surface area contributed by atoms with Crippen molar-refractivity contribution >= 4 is 16.8 Å². The summed E-state index contributed by atoms with van der Waals surface area (Å²) >= 11 is 0. The number of carbonyl (C=O) groups is 1. The maximum absolute atomic E-state index is 11.2. The van der Waals surface area contributed by atoms with Gasteiger partial charge in [-0.2, -0.15) is 0 Å². The van der Waals surface area contributed by atoms with Crippen LogP contribution in [-0.4, -0.2) is 18.0 Å². The van der Waals surface area contributed by atoms with Gasteiger partial charge in [-0.1, -0.05) is 6.08 Å². The number of hydrogen-bond acceptors (Lipinski definition) is 3. The summed E-state index contributed by atoms with van der Waals surface area (Å²) in [5, 5.41) is 1.01. The van der Waals surface area contributed by atoms with Gasteiger partial charge in [0.1, 0.15) is 12.4 Å². The quantitative estimate of drug-likeness (QED) is 0.640. The van der Waals surface area contributed by atoms with Crippen molar-refractivity contribution in [3.63, 3.8) is 0 Å². The second-order valence-electron chi connectivity index (χ2n) is 3.98. The van der Waals surface area contributed by atoms with E-state index in [1.165, 1.54) is 6.08 Å². The number of ether oxygens (including phenoxy) is 1. The Morgan fingerprint density at radius 3 is 3.05 bits per heavy atom. The Hall–Kier alpha value is -2.27. The minimum atomic E-state index is -0.278. The van der Waals surface area contributed by atoms with Crippen LogP contribution in [-0.2, 0) is 16.2 Å². The lowest BCUT2D eigenvalue weighted by atomic mass is 10.2. The van der Waals surface area contributed by atoms with Crippen molar-refractivity contribution in [2.24, 2.45) is 0 Å². The summed E-state index contributed by atoms with van der Waals surface area (Å²) in [6.07, 6.45) is 4.90. The largest absolute Gasteiger partial charge is 0.497 e. The first kappa shape index (κ1) is 13.2. The van der Waals surface area contributed by atoms with Crippen molar-refractivity contribution in [2.75, 3.05) is 7.11 Å². The summed E-state index contributed by atoms with van der Waals surface area (Å²) in [6, 6.07) is 5.76. The molecule has 0 radical (unpaired) electrons. The number of hydroxylamine groups is 1. The van der Waals surface area contributed by atoms with E-state index in [1.54, 1.807) is 20.1 Å². The second kappa shape index (κ2) is 6.06. The zero-order valence-corrected chi connectivity index (χ0v) is 10.9. The van der Waals surface area contributed by atoms with E-state index >= 15 is 0 Å². The molecule has 0 fully saturated rings. The number of aromatic nitrogens is 1. The summed E-state index contributed by atoms with van der Waals surface area (Å²) in [6.45, 7) is 2.06.